The van der Waals surface area contributed by atoms with Crippen molar-refractivity contribution >= 4 is 33.7 Å². The number of rotatable bonds is 3. The second kappa shape index (κ2) is 4.62. The topological polar surface area (TPSA) is 103 Å². The summed E-state index contributed by atoms with van der Waals surface area (Å²) >= 11 is 0. The molecule has 0 saturated heterocycles. The molecule has 0 saturated carbocycles. The molecule has 1 aromatic carbocycles. The van der Waals surface area contributed by atoms with Gasteiger partial charge in [0.25, 0.3) is 0 Å². The Morgan fingerprint density at radius 3 is 2.86 bits per heavy atom. The van der Waals surface area contributed by atoms with Crippen molar-refractivity contribution in [2.75, 3.05) is 12.8 Å². The van der Waals surface area contributed by atoms with Gasteiger partial charge in [-0.05, 0) is 24.6 Å². The van der Waals surface area contributed by atoms with Crippen molar-refractivity contribution in [2.24, 2.45) is 0 Å². The van der Waals surface area contributed by atoms with Crippen LogP contribution in [0.15, 0.2) is 18.5 Å². The van der Waals surface area contributed by atoms with E-state index in [0.29, 0.717) is 22.6 Å². The number of carbonyl (C=O) groups is 1. The van der Waals surface area contributed by atoms with Gasteiger partial charge in [0.05, 0.1) is 18.0 Å². The van der Waals surface area contributed by atoms with Crippen LogP contribution < -0.4 is 10.5 Å². The van der Waals surface area contributed by atoms with Gasteiger partial charge in [-0.2, -0.15) is 0 Å². The largest absolute Gasteiger partial charge is 0.497 e. The van der Waals surface area contributed by atoms with Gasteiger partial charge < -0.3 is 20.1 Å². The van der Waals surface area contributed by atoms with E-state index in [1.165, 1.54) is 6.33 Å². The molecule has 0 amide bonds. The van der Waals surface area contributed by atoms with Gasteiger partial charge >= 0.3 is 5.97 Å². The van der Waals surface area contributed by atoms with Crippen LogP contribution in [-0.2, 0) is 11.3 Å². The lowest BCUT2D eigenvalue weighted by Gasteiger charge is -2.07. The fraction of sp³-hybridized carbons (Fsp3) is 0.214. The highest BCUT2D eigenvalue weighted by molar-refractivity contribution is 6.13. The van der Waals surface area contributed by atoms with Crippen LogP contribution in [0.25, 0.3) is 21.9 Å². The minimum absolute atomic E-state index is 0.191. The average molecular weight is 286 g/mol. The highest BCUT2D eigenvalue weighted by Gasteiger charge is 2.19. The molecule has 0 spiro atoms. The lowest BCUT2D eigenvalue weighted by Crippen LogP contribution is -2.09. The van der Waals surface area contributed by atoms with Crippen LogP contribution in [0.2, 0.25) is 0 Å². The third-order valence-corrected chi connectivity index (χ3v) is 3.45. The van der Waals surface area contributed by atoms with Crippen molar-refractivity contribution in [3.8, 4) is 5.75 Å². The molecule has 3 N–H and O–H groups in total. The predicted molar refractivity (Wildman–Crippen MR) is 78.4 cm³/mol. The number of ether oxygens (including phenoxy) is 1. The maximum atomic E-state index is 11.2. The summed E-state index contributed by atoms with van der Waals surface area (Å²) in [5.74, 6) is 0.0561. The van der Waals surface area contributed by atoms with Gasteiger partial charge in [0, 0.05) is 5.39 Å². The molecule has 0 aliphatic rings. The summed E-state index contributed by atoms with van der Waals surface area (Å²) in [5.41, 5.74) is 8.14. The monoisotopic (exact) mass is 286 g/mol. The standard InChI is InChI=1S/C14H14N4O3/c1-7-3-8(21-2)4-9-11-13(15)16-6-17-14(11)18(12(7)9)5-10(19)20/h3-4,6H,5H2,1-2H3,(H,19,20)(H2,15,16,17). The molecule has 7 heteroatoms. The number of aliphatic carboxylic acids is 1. The summed E-state index contributed by atoms with van der Waals surface area (Å²) in [7, 11) is 1.58. The first kappa shape index (κ1) is 13.2. The Balaban J connectivity index is 2.52. The van der Waals surface area contributed by atoms with E-state index in [0.717, 1.165) is 16.5 Å². The van der Waals surface area contributed by atoms with Gasteiger partial charge in [0.1, 0.15) is 30.1 Å². The second-order valence-electron chi connectivity index (χ2n) is 4.78. The molecule has 21 heavy (non-hydrogen) atoms. The zero-order valence-corrected chi connectivity index (χ0v) is 11.6. The first-order chi connectivity index (χ1) is 10.0. The zero-order valence-electron chi connectivity index (χ0n) is 11.6. The fourth-order valence-corrected chi connectivity index (χ4v) is 2.66. The molecule has 108 valence electrons. The number of hydrogen-bond donors (Lipinski definition) is 2. The van der Waals surface area contributed by atoms with Gasteiger partial charge in [-0.15, -0.1) is 0 Å². The Hall–Kier alpha value is -2.83. The molecule has 0 unspecified atom stereocenters. The number of nitrogens with two attached hydrogens (primary N) is 1. The van der Waals surface area contributed by atoms with Crippen LogP contribution in [0.5, 0.6) is 5.75 Å². The third kappa shape index (κ3) is 1.94. The maximum absolute atomic E-state index is 11.2. The van der Waals surface area contributed by atoms with Crippen molar-refractivity contribution in [3.63, 3.8) is 0 Å². The van der Waals surface area contributed by atoms with Crippen LogP contribution in [0.4, 0.5) is 5.82 Å². The van der Waals surface area contributed by atoms with Crippen molar-refractivity contribution in [2.45, 2.75) is 13.5 Å². The van der Waals surface area contributed by atoms with E-state index < -0.39 is 5.97 Å². The van der Waals surface area contributed by atoms with E-state index >= 15 is 0 Å². The number of carboxylic acid groups (broad SMARTS) is 1. The number of carboxylic acids is 1. The predicted octanol–water partition coefficient (Wildman–Crippen LogP) is 1.57. The Bertz CT molecular complexity index is 870. The minimum Gasteiger partial charge on any atom is -0.497 e. The Morgan fingerprint density at radius 2 is 2.19 bits per heavy atom. The minimum atomic E-state index is -0.943. The van der Waals surface area contributed by atoms with Crippen LogP contribution in [-0.4, -0.2) is 32.7 Å². The van der Waals surface area contributed by atoms with E-state index in [4.69, 9.17) is 15.6 Å². The number of anilines is 1. The summed E-state index contributed by atoms with van der Waals surface area (Å²) in [6.45, 7) is 1.70. The van der Waals surface area contributed by atoms with Crippen molar-refractivity contribution in [1.29, 1.82) is 0 Å². The molecule has 3 aromatic rings. The van der Waals surface area contributed by atoms with E-state index in [9.17, 15) is 4.79 Å². The molecule has 0 radical (unpaired) electrons. The SMILES string of the molecule is COc1cc(C)c2c(c1)c1c(N)ncnc1n2CC(=O)O. The van der Waals surface area contributed by atoms with Crippen molar-refractivity contribution in [3.05, 3.63) is 24.0 Å². The normalized spacial score (nSPS) is 11.1. The Kier molecular flexibility index (Phi) is 2.90. The number of benzene rings is 1. The Morgan fingerprint density at radius 1 is 1.43 bits per heavy atom. The van der Waals surface area contributed by atoms with E-state index in [1.54, 1.807) is 11.7 Å². The number of aromatic nitrogens is 3. The molecule has 0 fully saturated rings. The molecule has 2 heterocycles. The van der Waals surface area contributed by atoms with Crippen LogP contribution in [0, 0.1) is 6.92 Å². The van der Waals surface area contributed by atoms with Crippen molar-refractivity contribution < 1.29 is 14.6 Å². The smallest absolute Gasteiger partial charge is 0.323 e. The number of fused-ring (bicyclic) bond motifs is 3. The van der Waals surface area contributed by atoms with Crippen LogP contribution in [0.3, 0.4) is 0 Å². The van der Waals surface area contributed by atoms with E-state index in [1.807, 2.05) is 19.1 Å². The van der Waals surface area contributed by atoms with Gasteiger partial charge in [-0.25, -0.2) is 9.97 Å². The molecule has 0 atom stereocenters. The molecule has 2 aromatic heterocycles. The van der Waals surface area contributed by atoms with Crippen molar-refractivity contribution in [1.82, 2.24) is 14.5 Å². The van der Waals surface area contributed by atoms with E-state index in [2.05, 4.69) is 9.97 Å². The third-order valence-electron chi connectivity index (χ3n) is 3.45. The zero-order chi connectivity index (χ0) is 15.1. The molecule has 0 bridgehead atoms. The average Bonchev–Trinajstić information content (AvgIpc) is 2.74. The first-order valence-corrected chi connectivity index (χ1v) is 6.31. The summed E-state index contributed by atoms with van der Waals surface area (Å²) < 4.78 is 6.91. The van der Waals surface area contributed by atoms with Gasteiger partial charge in [0.2, 0.25) is 0 Å². The number of nitrogen functional groups attached to an aromatic ring is 1. The first-order valence-electron chi connectivity index (χ1n) is 6.31. The highest BCUT2D eigenvalue weighted by Crippen LogP contribution is 2.35. The molecule has 3 rings (SSSR count). The summed E-state index contributed by atoms with van der Waals surface area (Å²) in [4.78, 5) is 19.3. The highest BCUT2D eigenvalue weighted by atomic mass is 16.5. The molecule has 0 aliphatic heterocycles. The number of methoxy groups -OCH3 is 1. The van der Waals surface area contributed by atoms with Gasteiger partial charge in [-0.1, -0.05) is 0 Å². The molecule has 0 aliphatic carbocycles. The summed E-state index contributed by atoms with van der Waals surface area (Å²) in [6.07, 6.45) is 1.33. The summed E-state index contributed by atoms with van der Waals surface area (Å²) in [5, 5.41) is 10.6. The number of aryl methyl sites for hydroxylation is 1. The molecular weight excluding hydrogens is 272 g/mol. The fourth-order valence-electron chi connectivity index (χ4n) is 2.66. The van der Waals surface area contributed by atoms with Gasteiger partial charge in [-0.3, -0.25) is 4.79 Å². The number of hydrogen-bond acceptors (Lipinski definition) is 5. The van der Waals surface area contributed by atoms with Crippen LogP contribution >= 0.6 is 0 Å². The molecular formula is C14H14N4O3. The van der Waals surface area contributed by atoms with E-state index in [-0.39, 0.29) is 6.54 Å². The Labute approximate surface area is 120 Å². The van der Waals surface area contributed by atoms with Gasteiger partial charge in [0.15, 0.2) is 0 Å². The quantitative estimate of drug-likeness (QED) is 0.757. The van der Waals surface area contributed by atoms with Crippen LogP contribution in [0.1, 0.15) is 5.56 Å². The maximum Gasteiger partial charge on any atom is 0.323 e. The lowest BCUT2D eigenvalue weighted by atomic mass is 10.1. The molecule has 7 nitrogen and oxygen atoms in total. The lowest BCUT2D eigenvalue weighted by molar-refractivity contribution is -0.137. The summed E-state index contributed by atoms with van der Waals surface area (Å²) in [6, 6.07) is 3.67. The second-order valence-corrected chi connectivity index (χ2v) is 4.78. The number of nitrogens with zero attached hydrogens (tertiary/aromatic N) is 3.